The van der Waals surface area contributed by atoms with E-state index in [2.05, 4.69) is 23.1 Å². The number of methoxy groups -OCH3 is 2. The third kappa shape index (κ3) is 4.75. The highest BCUT2D eigenvalue weighted by molar-refractivity contribution is 6.33. The number of nitrogens with zero attached hydrogens (tertiary/aromatic N) is 1. The van der Waals surface area contributed by atoms with Crippen LogP contribution in [0.15, 0.2) is 42.5 Å². The minimum Gasteiger partial charge on any atom is -0.493 e. The molecular weight excluding hydrogens is 366 g/mol. The minimum absolute atomic E-state index is 0.431. The van der Waals surface area contributed by atoms with E-state index in [9.17, 15) is 0 Å². The Kier molecular flexibility index (Phi) is 6.98. The molecule has 6 heteroatoms. The predicted molar refractivity (Wildman–Crippen MR) is 109 cm³/mol. The number of para-hydroxylation sites is 1. The molecule has 0 aromatic heterocycles. The van der Waals surface area contributed by atoms with Crippen LogP contribution in [0.2, 0.25) is 5.02 Å². The Bertz CT molecular complexity index is 794. The van der Waals surface area contributed by atoms with E-state index in [1.165, 1.54) is 0 Å². The fourth-order valence-corrected chi connectivity index (χ4v) is 3.25. The first-order valence-corrected chi connectivity index (χ1v) is 9.22. The first-order chi connectivity index (χ1) is 13.2. The van der Waals surface area contributed by atoms with Crippen LogP contribution in [-0.4, -0.2) is 47.2 Å². The topological polar surface area (TPSA) is 40.2 Å². The Hall–Kier alpha value is -2.21. The molecule has 0 saturated carbocycles. The van der Waals surface area contributed by atoms with Crippen molar-refractivity contribution in [2.75, 3.05) is 52.1 Å². The first kappa shape index (κ1) is 19.5. The fourth-order valence-electron chi connectivity index (χ4n) is 2.96. The van der Waals surface area contributed by atoms with E-state index in [1.807, 2.05) is 30.3 Å². The maximum atomic E-state index is 6.47. The lowest BCUT2D eigenvalue weighted by Gasteiger charge is -2.29. The van der Waals surface area contributed by atoms with Gasteiger partial charge in [0.05, 0.1) is 37.6 Å². The Balaban J connectivity index is 1.77. The second-order valence-electron chi connectivity index (χ2n) is 5.98. The molecule has 0 aliphatic carbocycles. The number of anilines is 2. The molecule has 0 amide bonds. The summed E-state index contributed by atoms with van der Waals surface area (Å²) in [6.07, 6.45) is 4.21. The van der Waals surface area contributed by atoms with Crippen molar-refractivity contribution in [1.82, 2.24) is 0 Å². The van der Waals surface area contributed by atoms with Crippen molar-refractivity contribution in [1.29, 1.82) is 0 Å². The van der Waals surface area contributed by atoms with Crippen LogP contribution in [0.5, 0.6) is 11.5 Å². The van der Waals surface area contributed by atoms with Crippen molar-refractivity contribution < 1.29 is 18.9 Å². The van der Waals surface area contributed by atoms with Crippen LogP contribution < -0.4 is 14.4 Å². The molecule has 0 spiro atoms. The Morgan fingerprint density at radius 1 is 1.00 bits per heavy atom. The van der Waals surface area contributed by atoms with Gasteiger partial charge in [0.1, 0.15) is 6.61 Å². The van der Waals surface area contributed by atoms with Crippen LogP contribution in [0.4, 0.5) is 11.4 Å². The van der Waals surface area contributed by atoms with Crippen molar-refractivity contribution in [3.63, 3.8) is 0 Å². The lowest BCUT2D eigenvalue weighted by Crippen LogP contribution is -2.21. The monoisotopic (exact) mass is 389 g/mol. The van der Waals surface area contributed by atoms with Gasteiger partial charge in [-0.15, -0.1) is 0 Å². The van der Waals surface area contributed by atoms with Gasteiger partial charge in [0.2, 0.25) is 0 Å². The minimum atomic E-state index is 0.431. The van der Waals surface area contributed by atoms with Crippen LogP contribution in [0.1, 0.15) is 5.56 Å². The number of rotatable bonds is 9. The van der Waals surface area contributed by atoms with Gasteiger partial charge >= 0.3 is 0 Å². The zero-order chi connectivity index (χ0) is 19.1. The van der Waals surface area contributed by atoms with E-state index in [4.69, 9.17) is 30.5 Å². The van der Waals surface area contributed by atoms with E-state index in [0.29, 0.717) is 37.9 Å². The van der Waals surface area contributed by atoms with Gasteiger partial charge in [-0.1, -0.05) is 35.9 Å². The molecule has 0 radical (unpaired) electrons. The van der Waals surface area contributed by atoms with Crippen LogP contribution in [0, 0.1) is 0 Å². The first-order valence-electron chi connectivity index (χ1n) is 8.84. The molecule has 2 aromatic rings. The molecule has 3 rings (SSSR count). The van der Waals surface area contributed by atoms with Crippen LogP contribution in [0.3, 0.4) is 0 Å². The summed E-state index contributed by atoms with van der Waals surface area (Å²) in [5.74, 6) is 1.36. The molecule has 0 N–H and O–H groups in total. The van der Waals surface area contributed by atoms with Crippen molar-refractivity contribution in [2.24, 2.45) is 0 Å². The van der Waals surface area contributed by atoms with Gasteiger partial charge in [-0.25, -0.2) is 0 Å². The summed E-state index contributed by atoms with van der Waals surface area (Å²) in [6.45, 7) is 2.77. The Morgan fingerprint density at radius 2 is 1.85 bits per heavy atom. The number of hydrogen-bond acceptors (Lipinski definition) is 5. The zero-order valence-corrected chi connectivity index (χ0v) is 16.4. The molecule has 0 fully saturated rings. The zero-order valence-electron chi connectivity index (χ0n) is 15.6. The summed E-state index contributed by atoms with van der Waals surface area (Å²) in [4.78, 5) is 2.17. The smallest absolute Gasteiger partial charge is 0.163 e. The third-order valence-corrected chi connectivity index (χ3v) is 4.55. The summed E-state index contributed by atoms with van der Waals surface area (Å²) >= 11 is 6.47. The lowest BCUT2D eigenvalue weighted by atomic mass is 10.1. The summed E-state index contributed by atoms with van der Waals surface area (Å²) in [5, 5.41) is 0.724. The van der Waals surface area contributed by atoms with Crippen LogP contribution in [-0.2, 0) is 9.47 Å². The van der Waals surface area contributed by atoms with Gasteiger partial charge in [0.25, 0.3) is 0 Å². The molecule has 2 aromatic carbocycles. The van der Waals surface area contributed by atoms with E-state index < -0.39 is 0 Å². The summed E-state index contributed by atoms with van der Waals surface area (Å²) < 4.78 is 21.7. The molecule has 1 heterocycles. The van der Waals surface area contributed by atoms with Crippen molar-refractivity contribution >= 4 is 29.1 Å². The van der Waals surface area contributed by atoms with Crippen LogP contribution >= 0.6 is 11.6 Å². The molecule has 5 nitrogen and oxygen atoms in total. The van der Waals surface area contributed by atoms with E-state index in [0.717, 1.165) is 28.5 Å². The summed E-state index contributed by atoms with van der Waals surface area (Å²) in [7, 11) is 3.28. The van der Waals surface area contributed by atoms with Crippen LogP contribution in [0.25, 0.3) is 6.08 Å². The highest BCUT2D eigenvalue weighted by Gasteiger charge is 2.19. The average molecular weight is 390 g/mol. The highest BCUT2D eigenvalue weighted by atomic mass is 35.5. The molecule has 0 bridgehead atoms. The van der Waals surface area contributed by atoms with Gasteiger partial charge in [0.15, 0.2) is 11.5 Å². The second kappa shape index (κ2) is 9.65. The lowest BCUT2D eigenvalue weighted by molar-refractivity contribution is 0.0540. The Labute approximate surface area is 165 Å². The maximum absolute atomic E-state index is 6.47. The normalized spacial score (nSPS) is 12.8. The largest absolute Gasteiger partial charge is 0.493 e. The predicted octanol–water partition coefficient (Wildman–Crippen LogP) is 4.56. The SMILES string of the molecule is COCCOCCOc1cc(N2CC=Cc3cccc(Cl)c32)ccc1OC. The van der Waals surface area contributed by atoms with Crippen molar-refractivity contribution in [2.45, 2.75) is 0 Å². The van der Waals surface area contributed by atoms with Gasteiger partial charge in [-0.3, -0.25) is 0 Å². The second-order valence-corrected chi connectivity index (χ2v) is 6.39. The summed E-state index contributed by atoms with van der Waals surface area (Å²) in [6, 6.07) is 11.8. The molecule has 1 aliphatic heterocycles. The van der Waals surface area contributed by atoms with Gasteiger partial charge in [0, 0.05) is 25.4 Å². The number of fused-ring (bicyclic) bond motifs is 1. The number of halogens is 1. The fraction of sp³-hybridized carbons (Fsp3) is 0.333. The third-order valence-electron chi connectivity index (χ3n) is 4.25. The molecule has 27 heavy (non-hydrogen) atoms. The standard InChI is InChI=1S/C21H24ClNO4/c1-24-11-12-26-13-14-27-20-15-17(8-9-19(20)25-2)23-10-4-6-16-5-3-7-18(22)21(16)23/h3-9,15H,10-14H2,1-2H3. The van der Waals surface area contributed by atoms with E-state index in [-0.39, 0.29) is 0 Å². The van der Waals surface area contributed by atoms with Gasteiger partial charge in [-0.2, -0.15) is 0 Å². The average Bonchev–Trinajstić information content (AvgIpc) is 2.70. The highest BCUT2D eigenvalue weighted by Crippen LogP contribution is 2.40. The number of benzene rings is 2. The molecule has 0 unspecified atom stereocenters. The maximum Gasteiger partial charge on any atom is 0.163 e. The molecule has 0 saturated heterocycles. The Morgan fingerprint density at radius 3 is 2.67 bits per heavy atom. The number of ether oxygens (including phenoxy) is 4. The molecule has 0 atom stereocenters. The summed E-state index contributed by atoms with van der Waals surface area (Å²) in [5.41, 5.74) is 3.09. The van der Waals surface area contributed by atoms with E-state index >= 15 is 0 Å². The quantitative estimate of drug-likeness (QED) is 0.588. The van der Waals surface area contributed by atoms with Gasteiger partial charge < -0.3 is 23.8 Å². The van der Waals surface area contributed by atoms with Gasteiger partial charge in [-0.05, 0) is 23.8 Å². The van der Waals surface area contributed by atoms with Crippen molar-refractivity contribution in [3.8, 4) is 11.5 Å². The van der Waals surface area contributed by atoms with E-state index in [1.54, 1.807) is 14.2 Å². The molecule has 1 aliphatic rings. The molecular formula is C21H24ClNO4. The number of hydrogen-bond donors (Lipinski definition) is 0. The van der Waals surface area contributed by atoms with Crippen molar-refractivity contribution in [3.05, 3.63) is 53.1 Å². The molecule has 144 valence electrons.